The molecule has 6 nitrogen and oxygen atoms in total. The van der Waals surface area contributed by atoms with Gasteiger partial charge in [-0.3, -0.25) is 9.59 Å². The molecular formula is C24H29N3O3S2. The number of carbonyl (C=O) groups is 1. The zero-order valence-corrected chi connectivity index (χ0v) is 20.2. The van der Waals surface area contributed by atoms with Crippen molar-refractivity contribution in [1.29, 1.82) is 0 Å². The Hall–Kier alpha value is -2.32. The highest BCUT2D eigenvalue weighted by Crippen LogP contribution is 2.33. The molecule has 1 amide bonds. The van der Waals surface area contributed by atoms with E-state index in [1.165, 1.54) is 16.9 Å². The van der Waals surface area contributed by atoms with Gasteiger partial charge in [-0.1, -0.05) is 26.0 Å². The highest BCUT2D eigenvalue weighted by Gasteiger charge is 2.19. The molecule has 0 unspecified atom stereocenters. The number of nitrogens with zero attached hydrogens (tertiary/aromatic N) is 1. The minimum absolute atomic E-state index is 0.0271. The summed E-state index contributed by atoms with van der Waals surface area (Å²) in [5.41, 5.74) is 1.88. The lowest BCUT2D eigenvalue weighted by atomic mass is 9.97. The summed E-state index contributed by atoms with van der Waals surface area (Å²) in [7, 11) is 0. The van der Waals surface area contributed by atoms with Crippen LogP contribution in [0.1, 0.15) is 49.4 Å². The van der Waals surface area contributed by atoms with Gasteiger partial charge in [0.05, 0.1) is 23.4 Å². The van der Waals surface area contributed by atoms with Gasteiger partial charge >= 0.3 is 0 Å². The summed E-state index contributed by atoms with van der Waals surface area (Å²) >= 11 is 3.26. The predicted molar refractivity (Wildman–Crippen MR) is 133 cm³/mol. The molecule has 1 aromatic carbocycles. The summed E-state index contributed by atoms with van der Waals surface area (Å²) in [5.74, 6) is 2.95. The largest absolute Gasteiger partial charge is 0.491 e. The highest BCUT2D eigenvalue weighted by molar-refractivity contribution is 7.98. The molecule has 0 bridgehead atoms. The van der Waals surface area contributed by atoms with E-state index in [4.69, 9.17) is 9.72 Å². The van der Waals surface area contributed by atoms with Gasteiger partial charge in [-0.05, 0) is 49.3 Å². The van der Waals surface area contributed by atoms with Crippen molar-refractivity contribution in [1.82, 2.24) is 9.97 Å². The number of hydrogen-bond acceptors (Lipinski definition) is 6. The number of para-hydroxylation sites is 2. The molecule has 2 heterocycles. The summed E-state index contributed by atoms with van der Waals surface area (Å²) in [6, 6.07) is 7.50. The Labute approximate surface area is 196 Å². The smallest absolute Gasteiger partial charge is 0.259 e. The van der Waals surface area contributed by atoms with Crippen LogP contribution in [0.2, 0.25) is 0 Å². The molecular weight excluding hydrogens is 442 g/mol. The van der Waals surface area contributed by atoms with Crippen LogP contribution >= 0.6 is 23.1 Å². The third kappa shape index (κ3) is 5.53. The first-order valence-electron chi connectivity index (χ1n) is 11.1. The molecule has 170 valence electrons. The molecule has 0 spiro atoms. The summed E-state index contributed by atoms with van der Waals surface area (Å²) in [6.07, 6.45) is 4.75. The number of benzene rings is 1. The fraction of sp³-hybridized carbons (Fsp3) is 0.458. The van der Waals surface area contributed by atoms with E-state index in [1.807, 2.05) is 24.3 Å². The predicted octanol–water partition coefficient (Wildman–Crippen LogP) is 5.16. The summed E-state index contributed by atoms with van der Waals surface area (Å²) in [4.78, 5) is 34.9. The Morgan fingerprint density at radius 1 is 1.28 bits per heavy atom. The maximum Gasteiger partial charge on any atom is 0.259 e. The van der Waals surface area contributed by atoms with Crippen molar-refractivity contribution < 1.29 is 9.53 Å². The lowest BCUT2D eigenvalue weighted by Gasteiger charge is -2.13. The van der Waals surface area contributed by atoms with Gasteiger partial charge in [-0.2, -0.15) is 11.8 Å². The van der Waals surface area contributed by atoms with Crippen LogP contribution in [0.3, 0.4) is 0 Å². The number of aryl methyl sites for hydroxylation is 2. The maximum absolute atomic E-state index is 12.6. The first kappa shape index (κ1) is 22.9. The number of thioether (sulfide) groups is 1. The number of ether oxygens (including phenoxy) is 1. The Balaban J connectivity index is 1.30. The third-order valence-electron chi connectivity index (χ3n) is 5.32. The minimum Gasteiger partial charge on any atom is -0.491 e. The van der Waals surface area contributed by atoms with Crippen LogP contribution in [0, 0.1) is 5.92 Å². The van der Waals surface area contributed by atoms with E-state index in [-0.39, 0.29) is 11.5 Å². The van der Waals surface area contributed by atoms with Crippen LogP contribution in [0.5, 0.6) is 5.75 Å². The number of rotatable bonds is 9. The molecule has 0 atom stereocenters. The number of aromatic amines is 1. The molecule has 0 radical (unpaired) electrons. The fourth-order valence-electron chi connectivity index (χ4n) is 3.78. The zero-order chi connectivity index (χ0) is 22.5. The third-order valence-corrected chi connectivity index (χ3v) is 7.48. The van der Waals surface area contributed by atoms with Gasteiger partial charge in [0.15, 0.2) is 0 Å². The number of anilines is 1. The number of hydrogen-bond donors (Lipinski definition) is 2. The van der Waals surface area contributed by atoms with E-state index in [9.17, 15) is 9.59 Å². The lowest BCUT2D eigenvalue weighted by Crippen LogP contribution is -2.14. The molecule has 0 saturated carbocycles. The number of aromatic nitrogens is 2. The minimum atomic E-state index is -0.0547. The number of thiophene rings is 1. The Kier molecular flexibility index (Phi) is 7.52. The van der Waals surface area contributed by atoms with E-state index in [0.29, 0.717) is 47.7 Å². The SMILES string of the molecule is CC(C)COc1ccccc1NC(=O)CCSCc1nc2sc3c(c2c(=O)[nH]1)CCCC3. The Morgan fingerprint density at radius 3 is 2.94 bits per heavy atom. The van der Waals surface area contributed by atoms with Gasteiger partial charge in [-0.25, -0.2) is 4.98 Å². The van der Waals surface area contributed by atoms with Gasteiger partial charge in [0, 0.05) is 17.1 Å². The Morgan fingerprint density at radius 2 is 2.09 bits per heavy atom. The summed E-state index contributed by atoms with van der Waals surface area (Å²) in [5, 5.41) is 3.73. The number of amides is 1. The molecule has 4 rings (SSSR count). The van der Waals surface area contributed by atoms with Crippen molar-refractivity contribution in [3.63, 3.8) is 0 Å². The molecule has 2 aromatic heterocycles. The first-order chi connectivity index (χ1) is 15.5. The van der Waals surface area contributed by atoms with Gasteiger partial charge in [0.1, 0.15) is 16.4 Å². The first-order valence-corrected chi connectivity index (χ1v) is 13.1. The number of carbonyl (C=O) groups excluding carboxylic acids is 1. The number of nitrogens with one attached hydrogen (secondary N) is 2. The quantitative estimate of drug-likeness (QED) is 0.421. The lowest BCUT2D eigenvalue weighted by molar-refractivity contribution is -0.115. The molecule has 3 aromatic rings. The van der Waals surface area contributed by atoms with E-state index in [0.717, 1.165) is 29.5 Å². The molecule has 1 aliphatic rings. The molecule has 1 aliphatic carbocycles. The number of H-pyrrole nitrogens is 1. The second-order valence-electron chi connectivity index (χ2n) is 8.46. The van der Waals surface area contributed by atoms with Crippen LogP contribution in [-0.4, -0.2) is 28.2 Å². The van der Waals surface area contributed by atoms with Gasteiger partial charge in [0.2, 0.25) is 5.91 Å². The van der Waals surface area contributed by atoms with Crippen molar-refractivity contribution in [2.24, 2.45) is 5.92 Å². The maximum atomic E-state index is 12.6. The van der Waals surface area contributed by atoms with Crippen LogP contribution in [0.4, 0.5) is 5.69 Å². The fourth-order valence-corrected chi connectivity index (χ4v) is 5.86. The molecule has 0 fully saturated rings. The van der Waals surface area contributed by atoms with Crippen LogP contribution in [0.15, 0.2) is 29.1 Å². The van der Waals surface area contributed by atoms with Gasteiger partial charge in [0.25, 0.3) is 5.56 Å². The van der Waals surface area contributed by atoms with Gasteiger partial charge < -0.3 is 15.0 Å². The van der Waals surface area contributed by atoms with E-state index in [2.05, 4.69) is 24.1 Å². The van der Waals surface area contributed by atoms with Crippen molar-refractivity contribution in [2.75, 3.05) is 17.7 Å². The van der Waals surface area contributed by atoms with Crippen molar-refractivity contribution >= 4 is 44.9 Å². The second-order valence-corrected chi connectivity index (χ2v) is 10.6. The topological polar surface area (TPSA) is 84.1 Å². The number of fused-ring (bicyclic) bond motifs is 3. The van der Waals surface area contributed by atoms with Crippen LogP contribution in [-0.2, 0) is 23.4 Å². The summed E-state index contributed by atoms with van der Waals surface area (Å²) < 4.78 is 5.80. The Bertz CT molecular complexity index is 1150. The summed E-state index contributed by atoms with van der Waals surface area (Å²) in [6.45, 7) is 4.78. The standard InChI is InChI=1S/C24H29N3O3S2/c1-15(2)13-30-18-9-5-4-8-17(18)25-21(28)11-12-31-14-20-26-23(29)22-16-7-3-6-10-19(16)32-24(22)27-20/h4-5,8-9,15H,3,6-7,10-14H2,1-2H3,(H,25,28)(H,26,27,29). The van der Waals surface area contributed by atoms with Crippen molar-refractivity contribution in [2.45, 2.75) is 51.7 Å². The molecule has 0 aliphatic heterocycles. The molecule has 8 heteroatoms. The van der Waals surface area contributed by atoms with Crippen LogP contribution in [0.25, 0.3) is 10.2 Å². The highest BCUT2D eigenvalue weighted by atomic mass is 32.2. The van der Waals surface area contributed by atoms with Crippen LogP contribution < -0.4 is 15.6 Å². The molecule has 0 saturated heterocycles. The van der Waals surface area contributed by atoms with E-state index >= 15 is 0 Å². The second kappa shape index (κ2) is 10.5. The van der Waals surface area contributed by atoms with E-state index < -0.39 is 0 Å². The van der Waals surface area contributed by atoms with E-state index in [1.54, 1.807) is 23.1 Å². The zero-order valence-electron chi connectivity index (χ0n) is 18.5. The molecule has 2 N–H and O–H groups in total. The average molecular weight is 472 g/mol. The van der Waals surface area contributed by atoms with Crippen molar-refractivity contribution in [3.05, 3.63) is 50.9 Å². The average Bonchev–Trinajstić information content (AvgIpc) is 3.15. The normalized spacial score (nSPS) is 13.3. The van der Waals surface area contributed by atoms with Gasteiger partial charge in [-0.15, -0.1) is 11.3 Å². The monoisotopic (exact) mass is 471 g/mol. The van der Waals surface area contributed by atoms with Crippen molar-refractivity contribution in [3.8, 4) is 5.75 Å². The molecule has 32 heavy (non-hydrogen) atoms.